The Labute approximate surface area is 119 Å². The van der Waals surface area contributed by atoms with E-state index in [1.807, 2.05) is 35.6 Å². The van der Waals surface area contributed by atoms with Crippen LogP contribution in [0.15, 0.2) is 36.4 Å². The molecule has 0 atom stereocenters. The van der Waals surface area contributed by atoms with E-state index >= 15 is 0 Å². The quantitative estimate of drug-likeness (QED) is 0.875. The molecule has 3 heteroatoms. The third-order valence-electron chi connectivity index (χ3n) is 2.96. The van der Waals surface area contributed by atoms with Crippen LogP contribution in [0.5, 0.6) is 5.75 Å². The van der Waals surface area contributed by atoms with E-state index in [0.717, 1.165) is 18.0 Å². The second kappa shape index (κ2) is 5.66. The molecule has 0 aliphatic heterocycles. The predicted octanol–water partition coefficient (Wildman–Crippen LogP) is 4.67. The SMILES string of the molecule is COc1ccc(NCc2ccc(C(C)(C)C)s2)cc1. The van der Waals surface area contributed by atoms with E-state index in [9.17, 15) is 0 Å². The van der Waals surface area contributed by atoms with Crippen LogP contribution in [0, 0.1) is 0 Å². The van der Waals surface area contributed by atoms with Gasteiger partial charge in [0.15, 0.2) is 0 Å². The molecule has 0 saturated carbocycles. The topological polar surface area (TPSA) is 21.3 Å². The van der Waals surface area contributed by atoms with Crippen molar-refractivity contribution in [1.29, 1.82) is 0 Å². The van der Waals surface area contributed by atoms with E-state index in [4.69, 9.17) is 4.74 Å². The van der Waals surface area contributed by atoms with Gasteiger partial charge in [0.2, 0.25) is 0 Å². The molecule has 0 saturated heterocycles. The van der Waals surface area contributed by atoms with Gasteiger partial charge >= 0.3 is 0 Å². The van der Waals surface area contributed by atoms with Crippen LogP contribution in [0.4, 0.5) is 5.69 Å². The number of rotatable bonds is 4. The molecule has 2 aromatic rings. The highest BCUT2D eigenvalue weighted by Gasteiger charge is 2.15. The highest BCUT2D eigenvalue weighted by atomic mass is 32.1. The molecule has 1 N–H and O–H groups in total. The van der Waals surface area contributed by atoms with E-state index in [-0.39, 0.29) is 5.41 Å². The maximum absolute atomic E-state index is 5.15. The average Bonchev–Trinajstić information content (AvgIpc) is 2.86. The van der Waals surface area contributed by atoms with Gasteiger partial charge in [-0.25, -0.2) is 0 Å². The summed E-state index contributed by atoms with van der Waals surface area (Å²) in [7, 11) is 1.68. The molecular formula is C16H21NOS. The first kappa shape index (κ1) is 13.9. The van der Waals surface area contributed by atoms with Crippen molar-refractivity contribution in [2.45, 2.75) is 32.7 Å². The van der Waals surface area contributed by atoms with Gasteiger partial charge in [-0.1, -0.05) is 20.8 Å². The summed E-state index contributed by atoms with van der Waals surface area (Å²) < 4.78 is 5.15. The third kappa shape index (κ3) is 3.74. The summed E-state index contributed by atoms with van der Waals surface area (Å²) in [6, 6.07) is 12.5. The van der Waals surface area contributed by atoms with Gasteiger partial charge in [-0.05, 0) is 41.8 Å². The van der Waals surface area contributed by atoms with Crippen LogP contribution in [-0.4, -0.2) is 7.11 Å². The molecule has 0 aliphatic carbocycles. The minimum atomic E-state index is 0.239. The van der Waals surface area contributed by atoms with Gasteiger partial charge in [-0.2, -0.15) is 0 Å². The second-order valence-electron chi connectivity index (χ2n) is 5.60. The third-order valence-corrected chi connectivity index (χ3v) is 4.47. The Morgan fingerprint density at radius 1 is 1.05 bits per heavy atom. The van der Waals surface area contributed by atoms with Crippen molar-refractivity contribution in [3.8, 4) is 5.75 Å². The van der Waals surface area contributed by atoms with E-state index in [1.54, 1.807) is 7.11 Å². The van der Waals surface area contributed by atoms with Crippen LogP contribution in [0.25, 0.3) is 0 Å². The molecule has 0 bridgehead atoms. The normalized spacial score (nSPS) is 11.4. The van der Waals surface area contributed by atoms with Crippen LogP contribution < -0.4 is 10.1 Å². The Morgan fingerprint density at radius 2 is 1.74 bits per heavy atom. The number of anilines is 1. The molecule has 102 valence electrons. The van der Waals surface area contributed by atoms with Crippen LogP contribution in [0.2, 0.25) is 0 Å². The van der Waals surface area contributed by atoms with E-state index < -0.39 is 0 Å². The zero-order valence-corrected chi connectivity index (χ0v) is 12.8. The van der Waals surface area contributed by atoms with E-state index in [2.05, 4.69) is 38.2 Å². The van der Waals surface area contributed by atoms with Gasteiger partial charge in [0, 0.05) is 22.0 Å². The van der Waals surface area contributed by atoms with Gasteiger partial charge in [0.25, 0.3) is 0 Å². The van der Waals surface area contributed by atoms with Gasteiger partial charge in [0.1, 0.15) is 5.75 Å². The lowest BCUT2D eigenvalue weighted by atomic mass is 9.95. The number of ether oxygens (including phenoxy) is 1. The fourth-order valence-corrected chi connectivity index (χ4v) is 2.78. The molecule has 0 spiro atoms. The van der Waals surface area contributed by atoms with E-state index in [1.165, 1.54) is 9.75 Å². The molecule has 0 aliphatic rings. The Kier molecular flexibility index (Phi) is 4.15. The summed E-state index contributed by atoms with van der Waals surface area (Å²) in [5, 5.41) is 3.43. The summed E-state index contributed by atoms with van der Waals surface area (Å²) in [5.74, 6) is 0.886. The zero-order valence-electron chi connectivity index (χ0n) is 12.0. The lowest BCUT2D eigenvalue weighted by Gasteiger charge is -2.15. The van der Waals surface area contributed by atoms with Crippen molar-refractivity contribution in [2.24, 2.45) is 0 Å². The lowest BCUT2D eigenvalue weighted by molar-refractivity contribution is 0.415. The number of hydrogen-bond donors (Lipinski definition) is 1. The molecule has 0 radical (unpaired) electrons. The van der Waals surface area contributed by atoms with Crippen LogP contribution in [0.3, 0.4) is 0 Å². The van der Waals surface area contributed by atoms with Gasteiger partial charge < -0.3 is 10.1 Å². The molecular weight excluding hydrogens is 254 g/mol. The Morgan fingerprint density at radius 3 is 2.26 bits per heavy atom. The van der Waals surface area contributed by atoms with Crippen molar-refractivity contribution >= 4 is 17.0 Å². The standard InChI is InChI=1S/C16H21NOS/c1-16(2,3)15-10-9-14(19-15)11-17-12-5-7-13(18-4)8-6-12/h5-10,17H,11H2,1-4H3. The van der Waals surface area contributed by atoms with Crippen LogP contribution in [0.1, 0.15) is 30.5 Å². The average molecular weight is 275 g/mol. The maximum atomic E-state index is 5.15. The minimum absolute atomic E-state index is 0.239. The van der Waals surface area contributed by atoms with Crippen molar-refractivity contribution in [1.82, 2.24) is 0 Å². The van der Waals surface area contributed by atoms with Crippen molar-refractivity contribution in [3.05, 3.63) is 46.2 Å². The number of thiophene rings is 1. The molecule has 2 nitrogen and oxygen atoms in total. The summed E-state index contributed by atoms with van der Waals surface area (Å²) in [6.45, 7) is 7.62. The lowest BCUT2D eigenvalue weighted by Crippen LogP contribution is -2.07. The molecule has 1 heterocycles. The highest BCUT2D eigenvalue weighted by molar-refractivity contribution is 7.12. The van der Waals surface area contributed by atoms with Crippen LogP contribution in [-0.2, 0) is 12.0 Å². The molecule has 19 heavy (non-hydrogen) atoms. The summed E-state index contributed by atoms with van der Waals surface area (Å²) in [4.78, 5) is 2.79. The van der Waals surface area contributed by atoms with Crippen molar-refractivity contribution in [3.63, 3.8) is 0 Å². The van der Waals surface area contributed by atoms with Gasteiger partial charge in [-0.15, -0.1) is 11.3 Å². The fourth-order valence-electron chi connectivity index (χ4n) is 1.77. The fraction of sp³-hybridized carbons (Fsp3) is 0.375. The first-order valence-corrected chi connectivity index (χ1v) is 7.28. The van der Waals surface area contributed by atoms with E-state index in [0.29, 0.717) is 0 Å². The molecule has 1 aromatic carbocycles. The number of hydrogen-bond acceptors (Lipinski definition) is 3. The smallest absolute Gasteiger partial charge is 0.119 e. The minimum Gasteiger partial charge on any atom is -0.497 e. The summed E-state index contributed by atoms with van der Waals surface area (Å²) >= 11 is 1.88. The molecule has 1 aromatic heterocycles. The number of methoxy groups -OCH3 is 1. The van der Waals surface area contributed by atoms with Gasteiger partial charge in [0.05, 0.1) is 7.11 Å². The van der Waals surface area contributed by atoms with Crippen molar-refractivity contribution < 1.29 is 4.74 Å². The number of nitrogens with one attached hydrogen (secondary N) is 1. The van der Waals surface area contributed by atoms with Gasteiger partial charge in [-0.3, -0.25) is 0 Å². The monoisotopic (exact) mass is 275 g/mol. The molecule has 0 fully saturated rings. The van der Waals surface area contributed by atoms with Crippen molar-refractivity contribution in [2.75, 3.05) is 12.4 Å². The Balaban J connectivity index is 1.96. The maximum Gasteiger partial charge on any atom is 0.119 e. The van der Waals surface area contributed by atoms with Crippen LogP contribution >= 0.6 is 11.3 Å². The first-order chi connectivity index (χ1) is 8.99. The largest absolute Gasteiger partial charge is 0.497 e. The molecule has 2 rings (SSSR count). The highest BCUT2D eigenvalue weighted by Crippen LogP contribution is 2.29. The second-order valence-corrected chi connectivity index (χ2v) is 6.77. The molecule has 0 amide bonds. The number of benzene rings is 1. The zero-order chi connectivity index (χ0) is 13.9. The first-order valence-electron chi connectivity index (χ1n) is 6.46. The Hall–Kier alpha value is -1.48. The molecule has 0 unspecified atom stereocenters. The predicted molar refractivity (Wildman–Crippen MR) is 83.3 cm³/mol. The summed E-state index contributed by atoms with van der Waals surface area (Å²) in [6.07, 6.45) is 0. The summed E-state index contributed by atoms with van der Waals surface area (Å²) in [5.41, 5.74) is 1.36. The Bertz CT molecular complexity index is 522.